The summed E-state index contributed by atoms with van der Waals surface area (Å²) < 4.78 is 0. The van der Waals surface area contributed by atoms with Crippen LogP contribution in [0.4, 0.5) is 0 Å². The molecule has 3 rings (SSSR count). The Kier molecular flexibility index (Phi) is 2.01. The van der Waals surface area contributed by atoms with E-state index in [9.17, 15) is 9.90 Å². The number of nitrogens with one attached hydrogen (secondary N) is 1. The lowest BCUT2D eigenvalue weighted by atomic mass is 9.66. The van der Waals surface area contributed by atoms with Gasteiger partial charge in [-0.15, -0.1) is 12.4 Å². The van der Waals surface area contributed by atoms with Gasteiger partial charge in [-0.2, -0.15) is 0 Å². The molecule has 15 heavy (non-hydrogen) atoms. The first-order valence-corrected chi connectivity index (χ1v) is 5.45. The first-order chi connectivity index (χ1) is 6.46. The van der Waals surface area contributed by atoms with Crippen LogP contribution in [-0.2, 0) is 4.79 Å². The minimum atomic E-state index is -0.633. The number of carboxylic acid groups (broad SMARTS) is 1. The number of hydrogen-bond acceptors (Lipinski definition) is 2. The second-order valence-electron chi connectivity index (χ2n) is 5.75. The van der Waals surface area contributed by atoms with E-state index in [1.165, 1.54) is 6.42 Å². The van der Waals surface area contributed by atoms with Crippen LogP contribution >= 0.6 is 12.4 Å². The molecule has 86 valence electrons. The fraction of sp³-hybridized carbons (Fsp3) is 0.909. The molecule has 2 saturated carbocycles. The molecule has 3 nitrogen and oxygen atoms in total. The molecule has 3 aliphatic rings. The highest BCUT2D eigenvalue weighted by molar-refractivity contribution is 5.85. The summed E-state index contributed by atoms with van der Waals surface area (Å²) in [6, 6.07) is 0. The van der Waals surface area contributed by atoms with Gasteiger partial charge in [-0.25, -0.2) is 0 Å². The number of hydrogen-bond donors (Lipinski definition) is 2. The van der Waals surface area contributed by atoms with E-state index in [-0.39, 0.29) is 23.2 Å². The lowest BCUT2D eigenvalue weighted by Gasteiger charge is -2.39. The summed E-state index contributed by atoms with van der Waals surface area (Å²) in [5.41, 5.74) is -0.396. The third kappa shape index (κ3) is 0.828. The van der Waals surface area contributed by atoms with E-state index in [1.54, 1.807) is 0 Å². The lowest BCUT2D eigenvalue weighted by molar-refractivity contribution is -0.149. The average Bonchev–Trinajstić information content (AvgIpc) is 2.58. The molecule has 0 aromatic rings. The lowest BCUT2D eigenvalue weighted by Crippen LogP contribution is -2.57. The third-order valence-corrected chi connectivity index (χ3v) is 5.77. The molecule has 1 aliphatic heterocycles. The minimum absolute atomic E-state index is 0. The minimum Gasteiger partial charge on any atom is -0.480 e. The van der Waals surface area contributed by atoms with Gasteiger partial charge in [0.2, 0.25) is 0 Å². The summed E-state index contributed by atoms with van der Waals surface area (Å²) in [4.78, 5) is 11.5. The van der Waals surface area contributed by atoms with Crippen molar-refractivity contribution in [2.24, 2.45) is 16.7 Å². The van der Waals surface area contributed by atoms with Crippen LogP contribution in [0.3, 0.4) is 0 Å². The Balaban J connectivity index is 0.000000853. The topological polar surface area (TPSA) is 49.3 Å². The Morgan fingerprint density at radius 1 is 1.47 bits per heavy atom. The highest BCUT2D eigenvalue weighted by Gasteiger charge is 2.77. The molecule has 4 heteroatoms. The predicted octanol–water partition coefficient (Wildman–Crippen LogP) is 1.66. The Bertz CT molecular complexity index is 335. The van der Waals surface area contributed by atoms with Crippen molar-refractivity contribution < 1.29 is 9.90 Å². The Morgan fingerprint density at radius 3 is 2.53 bits per heavy atom. The quantitative estimate of drug-likeness (QED) is 0.722. The van der Waals surface area contributed by atoms with E-state index in [0.29, 0.717) is 5.92 Å². The van der Waals surface area contributed by atoms with Crippen LogP contribution in [0.25, 0.3) is 0 Å². The van der Waals surface area contributed by atoms with Crippen LogP contribution in [0.2, 0.25) is 0 Å². The monoisotopic (exact) mass is 231 g/mol. The molecule has 1 saturated heterocycles. The van der Waals surface area contributed by atoms with E-state index >= 15 is 0 Å². The molecular formula is C11H18ClNO2. The summed E-state index contributed by atoms with van der Waals surface area (Å²) in [6.07, 6.45) is 3.15. The van der Waals surface area contributed by atoms with Crippen LogP contribution in [0.15, 0.2) is 0 Å². The van der Waals surface area contributed by atoms with E-state index in [2.05, 4.69) is 19.2 Å². The molecule has 4 bridgehead atoms. The normalized spacial score (nSPS) is 55.5. The Morgan fingerprint density at radius 2 is 2.13 bits per heavy atom. The van der Waals surface area contributed by atoms with E-state index < -0.39 is 11.5 Å². The van der Waals surface area contributed by atoms with E-state index in [4.69, 9.17) is 0 Å². The number of aliphatic carboxylic acids is 1. The smallest absolute Gasteiger partial charge is 0.324 e. The van der Waals surface area contributed by atoms with Gasteiger partial charge in [0.05, 0.1) is 0 Å². The molecular weight excluding hydrogens is 214 g/mol. The van der Waals surface area contributed by atoms with Crippen LogP contribution in [0.1, 0.15) is 33.1 Å². The molecule has 0 aromatic carbocycles. The maximum absolute atomic E-state index is 11.5. The first-order valence-electron chi connectivity index (χ1n) is 5.45. The van der Waals surface area contributed by atoms with Gasteiger partial charge in [-0.1, -0.05) is 13.8 Å². The summed E-state index contributed by atoms with van der Waals surface area (Å²) in [5.74, 6) is -0.00391. The van der Waals surface area contributed by atoms with Gasteiger partial charge >= 0.3 is 5.97 Å². The van der Waals surface area contributed by atoms with Gasteiger partial charge in [0.25, 0.3) is 0 Å². The number of rotatable bonds is 1. The van der Waals surface area contributed by atoms with Crippen molar-refractivity contribution in [1.82, 2.24) is 5.32 Å². The van der Waals surface area contributed by atoms with Crippen molar-refractivity contribution in [3.8, 4) is 0 Å². The average molecular weight is 232 g/mol. The molecule has 2 N–H and O–H groups in total. The number of piperidine rings is 1. The van der Waals surface area contributed by atoms with Crippen molar-refractivity contribution in [3.63, 3.8) is 0 Å². The zero-order valence-corrected chi connectivity index (χ0v) is 9.99. The van der Waals surface area contributed by atoms with Gasteiger partial charge in [-0.3, -0.25) is 4.79 Å². The van der Waals surface area contributed by atoms with E-state index in [1.807, 2.05) is 0 Å². The second kappa shape index (κ2) is 2.69. The molecule has 0 radical (unpaired) electrons. The van der Waals surface area contributed by atoms with Crippen molar-refractivity contribution in [2.45, 2.75) is 38.6 Å². The van der Waals surface area contributed by atoms with Crippen LogP contribution < -0.4 is 5.32 Å². The summed E-state index contributed by atoms with van der Waals surface area (Å²) in [5, 5.41) is 12.7. The third-order valence-electron chi connectivity index (χ3n) is 5.77. The van der Waals surface area contributed by atoms with Gasteiger partial charge in [-0.05, 0) is 30.6 Å². The zero-order valence-electron chi connectivity index (χ0n) is 9.17. The number of carboxylic acids is 1. The molecule has 0 unspecified atom stereocenters. The highest BCUT2D eigenvalue weighted by Crippen LogP contribution is 2.72. The Labute approximate surface area is 96.0 Å². The van der Waals surface area contributed by atoms with Crippen molar-refractivity contribution in [1.29, 1.82) is 0 Å². The van der Waals surface area contributed by atoms with Crippen molar-refractivity contribution in [3.05, 3.63) is 0 Å². The van der Waals surface area contributed by atoms with E-state index in [0.717, 1.165) is 19.4 Å². The highest BCUT2D eigenvalue weighted by atomic mass is 35.5. The van der Waals surface area contributed by atoms with Crippen LogP contribution in [-0.4, -0.2) is 23.2 Å². The fourth-order valence-electron chi connectivity index (χ4n) is 4.48. The number of carbonyl (C=O) groups is 1. The van der Waals surface area contributed by atoms with Crippen LogP contribution in [0, 0.1) is 16.7 Å². The summed E-state index contributed by atoms with van der Waals surface area (Å²) in [7, 11) is 0. The molecule has 4 atom stereocenters. The van der Waals surface area contributed by atoms with Gasteiger partial charge in [0, 0.05) is 12.0 Å². The number of halogens is 1. The summed E-state index contributed by atoms with van der Waals surface area (Å²) >= 11 is 0. The van der Waals surface area contributed by atoms with Gasteiger partial charge < -0.3 is 10.4 Å². The molecule has 1 heterocycles. The van der Waals surface area contributed by atoms with Gasteiger partial charge in [0.15, 0.2) is 0 Å². The standard InChI is InChI=1S/C11H17NO2.ClH/c1-9-6-12-11(8(13)14)5-7(9)3-4-10(9,11)2;/h7,12H,3-6H2,1-2H3,(H,13,14);1H/t7-,9+,10-,11+;/m0./s1. The molecule has 2 aliphatic carbocycles. The largest absolute Gasteiger partial charge is 0.480 e. The molecule has 0 aromatic heterocycles. The molecule has 0 amide bonds. The maximum Gasteiger partial charge on any atom is 0.324 e. The second-order valence-corrected chi connectivity index (χ2v) is 5.75. The molecule has 3 fully saturated rings. The zero-order chi connectivity index (χ0) is 10.2. The van der Waals surface area contributed by atoms with Crippen molar-refractivity contribution in [2.75, 3.05) is 6.54 Å². The predicted molar refractivity (Wildman–Crippen MR) is 59.2 cm³/mol. The maximum atomic E-state index is 11.5. The first kappa shape index (κ1) is 11.2. The summed E-state index contributed by atoms with van der Waals surface area (Å²) in [6.45, 7) is 5.34. The molecule has 0 spiro atoms. The van der Waals surface area contributed by atoms with Crippen LogP contribution in [0.5, 0.6) is 0 Å². The van der Waals surface area contributed by atoms with Gasteiger partial charge in [0.1, 0.15) is 5.54 Å². The fourth-order valence-corrected chi connectivity index (χ4v) is 4.48. The van der Waals surface area contributed by atoms with Crippen molar-refractivity contribution >= 4 is 18.4 Å². The SMILES string of the molecule is C[C@@]12CC[C@H]3C[C@]1(C(=O)O)NC[C@]32C.Cl. The Hall–Kier alpha value is -0.280.